The number of rotatable bonds is 1. The Bertz CT molecular complexity index is 510. The van der Waals surface area contributed by atoms with Gasteiger partial charge in [-0.3, -0.25) is 0 Å². The molecule has 2 nitrogen and oxygen atoms in total. The highest BCUT2D eigenvalue weighted by Gasteiger charge is 2.17. The highest BCUT2D eigenvalue weighted by molar-refractivity contribution is 5.86. The summed E-state index contributed by atoms with van der Waals surface area (Å²) in [6.07, 6.45) is 3.24. The van der Waals surface area contributed by atoms with Gasteiger partial charge in [-0.15, -0.1) is 0 Å². The molecule has 0 fully saturated rings. The minimum absolute atomic E-state index is 0.374. The van der Waals surface area contributed by atoms with Gasteiger partial charge in [0.1, 0.15) is 0 Å². The minimum atomic E-state index is -0.374. The number of benzene rings is 1. The van der Waals surface area contributed by atoms with Gasteiger partial charge in [-0.2, -0.15) is 0 Å². The summed E-state index contributed by atoms with van der Waals surface area (Å²) in [7, 11) is 0. The molecular weight excluding hydrogens is 186 g/mol. The SMILES string of the molecule is CC(O)c1ccc2[nH]c3c(c2c1)CCC3. The number of aliphatic hydroxyl groups is 1. The zero-order chi connectivity index (χ0) is 10.4. The number of aliphatic hydroxyl groups excluding tert-OH is 1. The highest BCUT2D eigenvalue weighted by atomic mass is 16.3. The van der Waals surface area contributed by atoms with Crippen molar-refractivity contribution in [2.24, 2.45) is 0 Å². The van der Waals surface area contributed by atoms with Crippen LogP contribution >= 0.6 is 0 Å². The first kappa shape index (κ1) is 8.98. The van der Waals surface area contributed by atoms with E-state index in [0.29, 0.717) is 0 Å². The Balaban J connectivity index is 2.25. The van der Waals surface area contributed by atoms with Crippen molar-refractivity contribution in [3.8, 4) is 0 Å². The molecule has 0 saturated carbocycles. The molecule has 1 aromatic heterocycles. The van der Waals surface area contributed by atoms with Gasteiger partial charge in [0.2, 0.25) is 0 Å². The zero-order valence-corrected chi connectivity index (χ0v) is 8.88. The molecule has 78 valence electrons. The van der Waals surface area contributed by atoms with Crippen LogP contribution in [0.15, 0.2) is 18.2 Å². The molecule has 15 heavy (non-hydrogen) atoms. The summed E-state index contributed by atoms with van der Waals surface area (Å²) < 4.78 is 0. The number of hydrogen-bond donors (Lipinski definition) is 2. The van der Waals surface area contributed by atoms with Gasteiger partial charge in [-0.25, -0.2) is 0 Å². The molecule has 1 aliphatic rings. The maximum atomic E-state index is 9.56. The topological polar surface area (TPSA) is 36.0 Å². The van der Waals surface area contributed by atoms with Gasteiger partial charge in [0.05, 0.1) is 6.10 Å². The Morgan fingerprint density at radius 2 is 2.20 bits per heavy atom. The molecule has 0 bridgehead atoms. The summed E-state index contributed by atoms with van der Waals surface area (Å²) in [5.74, 6) is 0. The second-order valence-electron chi connectivity index (χ2n) is 4.42. The van der Waals surface area contributed by atoms with Crippen LogP contribution in [0, 0.1) is 0 Å². The second kappa shape index (κ2) is 3.11. The molecule has 0 spiro atoms. The van der Waals surface area contributed by atoms with Crippen molar-refractivity contribution in [3.63, 3.8) is 0 Å². The van der Waals surface area contributed by atoms with Crippen molar-refractivity contribution in [1.82, 2.24) is 4.98 Å². The normalized spacial score (nSPS) is 16.9. The lowest BCUT2D eigenvalue weighted by Gasteiger charge is -2.04. The number of aromatic nitrogens is 1. The molecule has 0 amide bonds. The van der Waals surface area contributed by atoms with Crippen LogP contribution in [0.1, 0.15) is 36.3 Å². The fraction of sp³-hybridized carbons (Fsp3) is 0.385. The van der Waals surface area contributed by atoms with E-state index < -0.39 is 0 Å². The van der Waals surface area contributed by atoms with Crippen LogP contribution in [0.2, 0.25) is 0 Å². The molecule has 2 heteroatoms. The summed E-state index contributed by atoms with van der Waals surface area (Å²) in [6, 6.07) is 6.20. The summed E-state index contributed by atoms with van der Waals surface area (Å²) >= 11 is 0. The van der Waals surface area contributed by atoms with Crippen molar-refractivity contribution in [2.45, 2.75) is 32.3 Å². The van der Waals surface area contributed by atoms with E-state index in [9.17, 15) is 5.11 Å². The third-order valence-electron chi connectivity index (χ3n) is 3.35. The predicted octanol–water partition coefficient (Wildman–Crippen LogP) is 2.71. The Hall–Kier alpha value is -1.28. The molecule has 1 heterocycles. The van der Waals surface area contributed by atoms with Gasteiger partial charge >= 0.3 is 0 Å². The van der Waals surface area contributed by atoms with E-state index in [4.69, 9.17) is 0 Å². The van der Waals surface area contributed by atoms with E-state index >= 15 is 0 Å². The molecule has 2 N–H and O–H groups in total. The maximum absolute atomic E-state index is 9.56. The Kier molecular flexibility index (Phi) is 1.86. The lowest BCUT2D eigenvalue weighted by molar-refractivity contribution is 0.199. The first-order valence-electron chi connectivity index (χ1n) is 5.57. The highest BCUT2D eigenvalue weighted by Crippen LogP contribution is 2.31. The number of nitrogens with one attached hydrogen (secondary N) is 1. The molecule has 3 rings (SSSR count). The van der Waals surface area contributed by atoms with E-state index in [1.54, 1.807) is 0 Å². The summed E-state index contributed by atoms with van der Waals surface area (Å²) in [5.41, 5.74) is 5.08. The van der Waals surface area contributed by atoms with Crippen molar-refractivity contribution < 1.29 is 5.11 Å². The molecular formula is C13H15NO. The largest absolute Gasteiger partial charge is 0.389 e. The first-order chi connectivity index (χ1) is 7.25. The van der Waals surface area contributed by atoms with Gasteiger partial charge in [0.25, 0.3) is 0 Å². The lowest BCUT2D eigenvalue weighted by atomic mass is 10.1. The number of H-pyrrole nitrogens is 1. The van der Waals surface area contributed by atoms with E-state index in [-0.39, 0.29) is 6.10 Å². The van der Waals surface area contributed by atoms with Gasteiger partial charge in [0.15, 0.2) is 0 Å². The minimum Gasteiger partial charge on any atom is -0.389 e. The summed E-state index contributed by atoms with van der Waals surface area (Å²) in [5, 5.41) is 10.9. The van der Waals surface area contributed by atoms with Crippen LogP contribution < -0.4 is 0 Å². The van der Waals surface area contributed by atoms with Gasteiger partial charge in [-0.1, -0.05) is 6.07 Å². The molecule has 0 radical (unpaired) electrons. The molecule has 0 saturated heterocycles. The fourth-order valence-electron chi connectivity index (χ4n) is 2.52. The average Bonchev–Trinajstić information content (AvgIpc) is 2.75. The van der Waals surface area contributed by atoms with E-state index in [1.807, 2.05) is 13.0 Å². The Labute approximate surface area is 88.9 Å². The number of aromatic amines is 1. The van der Waals surface area contributed by atoms with Crippen LogP contribution in [0.3, 0.4) is 0 Å². The summed E-state index contributed by atoms with van der Waals surface area (Å²) in [4.78, 5) is 3.46. The van der Waals surface area contributed by atoms with Crippen LogP contribution in [0.25, 0.3) is 10.9 Å². The van der Waals surface area contributed by atoms with E-state index in [1.165, 1.54) is 41.4 Å². The average molecular weight is 201 g/mol. The quantitative estimate of drug-likeness (QED) is 0.731. The van der Waals surface area contributed by atoms with Gasteiger partial charge < -0.3 is 10.1 Å². The molecule has 1 unspecified atom stereocenters. The van der Waals surface area contributed by atoms with Gasteiger partial charge in [-0.05, 0) is 49.4 Å². The lowest BCUT2D eigenvalue weighted by Crippen LogP contribution is -1.90. The predicted molar refractivity (Wildman–Crippen MR) is 61.0 cm³/mol. The number of fused-ring (bicyclic) bond motifs is 3. The Morgan fingerprint density at radius 1 is 1.33 bits per heavy atom. The summed E-state index contributed by atoms with van der Waals surface area (Å²) in [6.45, 7) is 1.81. The standard InChI is InChI=1S/C13H15NO/c1-8(15)9-5-6-13-11(7-9)10-3-2-4-12(10)14-13/h5-8,14-15H,2-4H2,1H3. The Morgan fingerprint density at radius 3 is 3.00 bits per heavy atom. The third-order valence-corrected chi connectivity index (χ3v) is 3.35. The molecule has 2 aromatic rings. The molecule has 0 aliphatic heterocycles. The van der Waals surface area contributed by atoms with Crippen molar-refractivity contribution in [3.05, 3.63) is 35.0 Å². The third kappa shape index (κ3) is 1.29. The van der Waals surface area contributed by atoms with Gasteiger partial charge in [0, 0.05) is 16.6 Å². The first-order valence-corrected chi connectivity index (χ1v) is 5.57. The van der Waals surface area contributed by atoms with Crippen LogP contribution in [0.4, 0.5) is 0 Å². The van der Waals surface area contributed by atoms with E-state index in [2.05, 4.69) is 17.1 Å². The number of aryl methyl sites for hydroxylation is 2. The fourth-order valence-corrected chi connectivity index (χ4v) is 2.52. The molecule has 1 aromatic carbocycles. The van der Waals surface area contributed by atoms with Crippen molar-refractivity contribution >= 4 is 10.9 Å². The zero-order valence-electron chi connectivity index (χ0n) is 8.88. The van der Waals surface area contributed by atoms with Crippen LogP contribution in [-0.4, -0.2) is 10.1 Å². The van der Waals surface area contributed by atoms with Crippen molar-refractivity contribution in [1.29, 1.82) is 0 Å². The molecule has 1 aliphatic carbocycles. The second-order valence-corrected chi connectivity index (χ2v) is 4.42. The van der Waals surface area contributed by atoms with Crippen LogP contribution in [0.5, 0.6) is 0 Å². The van der Waals surface area contributed by atoms with Crippen LogP contribution in [-0.2, 0) is 12.8 Å². The molecule has 1 atom stereocenters. The smallest absolute Gasteiger partial charge is 0.0762 e. The monoisotopic (exact) mass is 201 g/mol. The maximum Gasteiger partial charge on any atom is 0.0762 e. The van der Waals surface area contributed by atoms with Crippen molar-refractivity contribution in [2.75, 3.05) is 0 Å². The van der Waals surface area contributed by atoms with E-state index in [0.717, 1.165) is 5.56 Å². The number of hydrogen-bond acceptors (Lipinski definition) is 1.